The summed E-state index contributed by atoms with van der Waals surface area (Å²) in [5, 5.41) is 5.07. The summed E-state index contributed by atoms with van der Waals surface area (Å²) in [7, 11) is 0. The lowest BCUT2D eigenvalue weighted by atomic mass is 10.0. The van der Waals surface area contributed by atoms with Gasteiger partial charge in [-0.25, -0.2) is 4.79 Å². The van der Waals surface area contributed by atoms with Crippen LogP contribution in [0.3, 0.4) is 0 Å². The first-order valence-electron chi connectivity index (χ1n) is 11.4. The van der Waals surface area contributed by atoms with Gasteiger partial charge in [0.15, 0.2) is 0 Å². The van der Waals surface area contributed by atoms with Crippen molar-refractivity contribution in [3.63, 3.8) is 0 Å². The van der Waals surface area contributed by atoms with Crippen molar-refractivity contribution in [3.05, 3.63) is 71.8 Å². The van der Waals surface area contributed by atoms with Crippen LogP contribution >= 0.6 is 0 Å². The zero-order valence-electron chi connectivity index (χ0n) is 21.1. The maximum Gasteiger partial charge on any atom is 0.408 e. The monoisotopic (exact) mass is 470 g/mol. The quantitative estimate of drug-likeness (QED) is 0.542. The first kappa shape index (κ1) is 28.7. The molecule has 186 valence electrons. The molecule has 7 nitrogen and oxygen atoms in total. The van der Waals surface area contributed by atoms with Gasteiger partial charge in [-0.2, -0.15) is 0 Å². The van der Waals surface area contributed by atoms with E-state index in [4.69, 9.17) is 9.47 Å². The number of hydrogen-bond acceptors (Lipinski definition) is 5. The molecule has 0 spiro atoms. The van der Waals surface area contributed by atoms with Crippen molar-refractivity contribution >= 4 is 18.0 Å². The molecule has 0 aliphatic carbocycles. The van der Waals surface area contributed by atoms with Crippen molar-refractivity contribution in [2.24, 2.45) is 5.92 Å². The van der Waals surface area contributed by atoms with Crippen LogP contribution in [0.2, 0.25) is 0 Å². The SMILES string of the molecule is CC(C)C[C@H](NC(=O)OC(C)(C)C)C(=O)NCC(=O)OCc1ccccc1.Cc1ccccc1. The number of rotatable bonds is 8. The molecule has 2 aromatic rings. The van der Waals surface area contributed by atoms with E-state index in [0.717, 1.165) is 5.56 Å². The Morgan fingerprint density at radius 1 is 0.912 bits per heavy atom. The fourth-order valence-electron chi connectivity index (χ4n) is 2.76. The van der Waals surface area contributed by atoms with Gasteiger partial charge in [-0.1, -0.05) is 80.1 Å². The van der Waals surface area contributed by atoms with Crippen LogP contribution < -0.4 is 10.6 Å². The van der Waals surface area contributed by atoms with Gasteiger partial charge >= 0.3 is 12.1 Å². The average Bonchev–Trinajstić information content (AvgIpc) is 2.75. The lowest BCUT2D eigenvalue weighted by molar-refractivity contribution is -0.145. The summed E-state index contributed by atoms with van der Waals surface area (Å²) >= 11 is 0. The number of nitrogens with one attached hydrogen (secondary N) is 2. The van der Waals surface area contributed by atoms with Crippen molar-refractivity contribution in [2.75, 3.05) is 6.54 Å². The van der Waals surface area contributed by atoms with Crippen LogP contribution in [0.1, 0.15) is 52.2 Å². The molecule has 0 bridgehead atoms. The first-order chi connectivity index (χ1) is 16.0. The van der Waals surface area contributed by atoms with E-state index < -0.39 is 29.6 Å². The fourth-order valence-corrected chi connectivity index (χ4v) is 2.76. The fraction of sp³-hybridized carbons (Fsp3) is 0.444. The van der Waals surface area contributed by atoms with Crippen LogP contribution in [-0.4, -0.2) is 36.2 Å². The van der Waals surface area contributed by atoms with Gasteiger partial charge in [-0.05, 0) is 45.6 Å². The molecular formula is C27H38N2O5. The van der Waals surface area contributed by atoms with Crippen molar-refractivity contribution < 1.29 is 23.9 Å². The maximum atomic E-state index is 12.4. The van der Waals surface area contributed by atoms with Crippen LogP contribution in [0.4, 0.5) is 4.79 Å². The Balaban J connectivity index is 0.000000700. The summed E-state index contributed by atoms with van der Waals surface area (Å²) in [5.41, 5.74) is 1.52. The molecule has 0 aliphatic heterocycles. The Hall–Kier alpha value is -3.35. The molecule has 0 radical (unpaired) electrons. The van der Waals surface area contributed by atoms with E-state index >= 15 is 0 Å². The minimum atomic E-state index is -0.790. The molecule has 0 fully saturated rings. The molecule has 0 heterocycles. The topological polar surface area (TPSA) is 93.7 Å². The number of esters is 1. The van der Waals surface area contributed by atoms with Gasteiger partial charge in [-0.15, -0.1) is 0 Å². The minimum Gasteiger partial charge on any atom is -0.460 e. The van der Waals surface area contributed by atoms with Gasteiger partial charge < -0.3 is 20.1 Å². The van der Waals surface area contributed by atoms with Gasteiger partial charge in [0.25, 0.3) is 0 Å². The van der Waals surface area contributed by atoms with Crippen molar-refractivity contribution in [1.29, 1.82) is 0 Å². The second-order valence-electron chi connectivity index (χ2n) is 9.35. The zero-order chi connectivity index (χ0) is 25.6. The number of aryl methyl sites for hydroxylation is 1. The highest BCUT2D eigenvalue weighted by atomic mass is 16.6. The van der Waals surface area contributed by atoms with Gasteiger partial charge in [-0.3, -0.25) is 9.59 Å². The van der Waals surface area contributed by atoms with Gasteiger partial charge in [0.1, 0.15) is 24.8 Å². The van der Waals surface area contributed by atoms with Crippen molar-refractivity contribution in [3.8, 4) is 0 Å². The molecule has 0 saturated heterocycles. The number of ether oxygens (including phenoxy) is 2. The molecule has 0 unspecified atom stereocenters. The molecule has 7 heteroatoms. The number of alkyl carbamates (subject to hydrolysis) is 1. The number of hydrogen-bond donors (Lipinski definition) is 2. The average molecular weight is 471 g/mol. The van der Waals surface area contributed by atoms with Crippen LogP contribution in [0.25, 0.3) is 0 Å². The number of amides is 2. The van der Waals surface area contributed by atoms with Crippen LogP contribution in [0.5, 0.6) is 0 Å². The number of carbonyl (C=O) groups is 3. The summed E-state index contributed by atoms with van der Waals surface area (Å²) < 4.78 is 10.3. The van der Waals surface area contributed by atoms with Gasteiger partial charge in [0.2, 0.25) is 5.91 Å². The highest BCUT2D eigenvalue weighted by molar-refractivity contribution is 5.88. The molecule has 34 heavy (non-hydrogen) atoms. The predicted octanol–water partition coefficient (Wildman–Crippen LogP) is 4.78. The third-order valence-corrected chi connectivity index (χ3v) is 4.30. The van der Waals surface area contributed by atoms with E-state index in [1.165, 1.54) is 5.56 Å². The third-order valence-electron chi connectivity index (χ3n) is 4.30. The largest absolute Gasteiger partial charge is 0.460 e. The Morgan fingerprint density at radius 3 is 1.94 bits per heavy atom. The molecule has 2 aromatic carbocycles. The van der Waals surface area contributed by atoms with E-state index in [0.29, 0.717) is 6.42 Å². The summed E-state index contributed by atoms with van der Waals surface area (Å²) in [5.74, 6) is -0.834. The van der Waals surface area contributed by atoms with E-state index in [9.17, 15) is 14.4 Å². The molecule has 2 rings (SSSR count). The maximum absolute atomic E-state index is 12.4. The van der Waals surface area contributed by atoms with Crippen molar-refractivity contribution in [2.45, 2.75) is 66.2 Å². The van der Waals surface area contributed by atoms with E-state index in [2.05, 4.69) is 29.7 Å². The molecule has 0 aromatic heterocycles. The first-order valence-corrected chi connectivity index (χ1v) is 11.4. The molecular weight excluding hydrogens is 432 g/mol. The standard InChI is InChI=1S/C20H30N2O5.C7H8/c1-14(2)11-16(22-19(25)27-20(3,4)5)18(24)21-12-17(23)26-13-15-9-7-6-8-10-15;1-7-5-3-2-4-6-7/h6-10,14,16H,11-13H2,1-5H3,(H,21,24)(H,22,25);2-6H,1H3/t16-;/m0./s1. The summed E-state index contributed by atoms with van der Waals surface area (Å²) in [4.78, 5) is 36.1. The van der Waals surface area contributed by atoms with E-state index in [1.807, 2.05) is 62.4 Å². The molecule has 2 amide bonds. The minimum absolute atomic E-state index is 0.140. The van der Waals surface area contributed by atoms with Gasteiger partial charge in [0.05, 0.1) is 0 Å². The highest BCUT2D eigenvalue weighted by Crippen LogP contribution is 2.09. The lowest BCUT2D eigenvalue weighted by Crippen LogP contribution is -2.49. The van der Waals surface area contributed by atoms with E-state index in [-0.39, 0.29) is 19.1 Å². The zero-order valence-corrected chi connectivity index (χ0v) is 21.1. The second kappa shape index (κ2) is 14.7. The Kier molecular flexibility index (Phi) is 12.4. The number of benzene rings is 2. The Morgan fingerprint density at radius 2 is 1.47 bits per heavy atom. The summed E-state index contributed by atoms with van der Waals surface area (Å²) in [6.07, 6.45) is -0.251. The molecule has 2 N–H and O–H groups in total. The second-order valence-corrected chi connectivity index (χ2v) is 9.35. The summed E-state index contributed by atoms with van der Waals surface area (Å²) in [6.45, 7) is 11.1. The Bertz CT molecular complexity index is 877. The van der Waals surface area contributed by atoms with E-state index in [1.54, 1.807) is 20.8 Å². The third kappa shape index (κ3) is 13.9. The predicted molar refractivity (Wildman–Crippen MR) is 133 cm³/mol. The smallest absolute Gasteiger partial charge is 0.408 e. The number of carbonyl (C=O) groups excluding carboxylic acids is 3. The Labute approximate surface area is 203 Å². The molecule has 0 aliphatic rings. The van der Waals surface area contributed by atoms with Crippen LogP contribution in [0, 0.1) is 12.8 Å². The lowest BCUT2D eigenvalue weighted by Gasteiger charge is -2.24. The normalized spacial score (nSPS) is 11.5. The van der Waals surface area contributed by atoms with Crippen molar-refractivity contribution in [1.82, 2.24) is 10.6 Å². The molecule has 0 saturated carbocycles. The highest BCUT2D eigenvalue weighted by Gasteiger charge is 2.25. The van der Waals surface area contributed by atoms with Crippen LogP contribution in [0.15, 0.2) is 60.7 Å². The van der Waals surface area contributed by atoms with Crippen LogP contribution in [-0.2, 0) is 25.7 Å². The summed E-state index contributed by atoms with van der Waals surface area (Å²) in [6, 6.07) is 18.7. The molecule has 1 atom stereocenters. The van der Waals surface area contributed by atoms with Gasteiger partial charge in [0, 0.05) is 0 Å².